The molecule has 0 spiro atoms. The van der Waals surface area contributed by atoms with Crippen molar-refractivity contribution < 1.29 is 4.79 Å². The summed E-state index contributed by atoms with van der Waals surface area (Å²) in [5.41, 5.74) is 2.84. The van der Waals surface area contributed by atoms with Gasteiger partial charge < -0.3 is 15.5 Å². The normalized spacial score (nSPS) is 14.2. The zero-order chi connectivity index (χ0) is 16.7. The van der Waals surface area contributed by atoms with E-state index in [4.69, 9.17) is 12.2 Å². The van der Waals surface area contributed by atoms with Crippen LogP contribution in [0.1, 0.15) is 42.1 Å². The summed E-state index contributed by atoms with van der Waals surface area (Å²) < 4.78 is 0. The molecule has 0 aromatic heterocycles. The minimum Gasteiger partial charge on any atom is -0.359 e. The lowest BCUT2D eigenvalue weighted by Crippen LogP contribution is -2.36. The Hall–Kier alpha value is -1.88. The molecule has 4 nitrogen and oxygen atoms in total. The van der Waals surface area contributed by atoms with Gasteiger partial charge in [-0.25, -0.2) is 0 Å². The Morgan fingerprint density at radius 2 is 2.00 bits per heavy atom. The fourth-order valence-electron chi connectivity index (χ4n) is 2.57. The number of nitrogens with one attached hydrogen (secondary N) is 2. The number of rotatable bonds is 5. The van der Waals surface area contributed by atoms with Gasteiger partial charge >= 0.3 is 0 Å². The molecule has 1 saturated heterocycles. The number of likely N-dealkylation sites (tertiary alicyclic amines) is 1. The van der Waals surface area contributed by atoms with Crippen molar-refractivity contribution >= 4 is 23.2 Å². The molecule has 0 aliphatic carbocycles. The molecule has 5 heteroatoms. The van der Waals surface area contributed by atoms with Crippen molar-refractivity contribution in [3.8, 4) is 0 Å². The van der Waals surface area contributed by atoms with Crippen molar-refractivity contribution in [3.63, 3.8) is 0 Å². The van der Waals surface area contributed by atoms with Gasteiger partial charge in [0, 0.05) is 31.7 Å². The van der Waals surface area contributed by atoms with Crippen molar-refractivity contribution in [2.45, 2.75) is 32.7 Å². The zero-order valence-corrected chi connectivity index (χ0v) is 14.5. The number of carbonyl (C=O) groups excluding carboxylic acids is 1. The number of benzene rings is 1. The van der Waals surface area contributed by atoms with Crippen LogP contribution < -0.4 is 10.6 Å². The van der Waals surface area contributed by atoms with Gasteiger partial charge in [0.15, 0.2) is 5.11 Å². The highest BCUT2D eigenvalue weighted by atomic mass is 32.1. The Morgan fingerprint density at radius 1 is 1.26 bits per heavy atom. The Balaban J connectivity index is 1.90. The highest BCUT2D eigenvalue weighted by molar-refractivity contribution is 7.80. The number of hydrogen-bond acceptors (Lipinski definition) is 2. The van der Waals surface area contributed by atoms with Gasteiger partial charge in [-0.2, -0.15) is 0 Å². The minimum absolute atomic E-state index is 0.134. The Kier molecular flexibility index (Phi) is 6.59. The number of amides is 1. The second-order valence-electron chi connectivity index (χ2n) is 6.05. The summed E-state index contributed by atoms with van der Waals surface area (Å²) >= 11 is 5.22. The van der Waals surface area contributed by atoms with Crippen molar-refractivity contribution in [1.82, 2.24) is 15.5 Å². The van der Waals surface area contributed by atoms with Gasteiger partial charge in [-0.15, -0.1) is 0 Å². The molecular weight excluding hydrogens is 306 g/mol. The van der Waals surface area contributed by atoms with Gasteiger partial charge in [0.1, 0.15) is 0 Å². The molecule has 124 valence electrons. The first-order valence-corrected chi connectivity index (χ1v) is 8.51. The summed E-state index contributed by atoms with van der Waals surface area (Å²) in [6, 6.07) is 7.77. The van der Waals surface area contributed by atoms with E-state index in [0.717, 1.165) is 42.6 Å². The molecule has 1 amide bonds. The van der Waals surface area contributed by atoms with Gasteiger partial charge in [-0.05, 0) is 56.1 Å². The van der Waals surface area contributed by atoms with Crippen LogP contribution in [0.5, 0.6) is 0 Å². The molecule has 0 unspecified atom stereocenters. The van der Waals surface area contributed by atoms with Gasteiger partial charge in [-0.1, -0.05) is 24.3 Å². The number of piperidine rings is 1. The third-order valence-electron chi connectivity index (χ3n) is 3.82. The van der Waals surface area contributed by atoms with E-state index in [9.17, 15) is 4.79 Å². The van der Waals surface area contributed by atoms with Crippen LogP contribution in [0.15, 0.2) is 36.4 Å². The average molecular weight is 331 g/mol. The third kappa shape index (κ3) is 5.67. The maximum Gasteiger partial charge on any atom is 0.253 e. The standard InChI is InChI=1S/C18H25N3OS/c1-14(2)12-19-18(23)20-13-15-7-6-8-16(11-15)17(22)21-9-4-3-5-10-21/h6-8,11H,1,3-5,9-10,12-13H2,2H3,(H2,19,20,23). The van der Waals surface area contributed by atoms with Crippen molar-refractivity contribution in [1.29, 1.82) is 0 Å². The fourth-order valence-corrected chi connectivity index (χ4v) is 2.71. The van der Waals surface area contributed by atoms with Crippen LogP contribution >= 0.6 is 12.2 Å². The first kappa shape index (κ1) is 17.5. The Morgan fingerprint density at radius 3 is 2.70 bits per heavy atom. The van der Waals surface area contributed by atoms with Gasteiger partial charge in [-0.3, -0.25) is 4.79 Å². The molecule has 0 saturated carbocycles. The summed E-state index contributed by atoms with van der Waals surface area (Å²) in [5, 5.41) is 6.84. The van der Waals surface area contributed by atoms with E-state index in [1.165, 1.54) is 6.42 Å². The second-order valence-corrected chi connectivity index (χ2v) is 6.45. The molecule has 2 rings (SSSR count). The van der Waals surface area contributed by atoms with E-state index in [0.29, 0.717) is 18.2 Å². The van der Waals surface area contributed by atoms with Gasteiger partial charge in [0.2, 0.25) is 0 Å². The first-order valence-electron chi connectivity index (χ1n) is 8.10. The molecular formula is C18H25N3OS. The van der Waals surface area contributed by atoms with Gasteiger partial charge in [0.25, 0.3) is 5.91 Å². The SMILES string of the molecule is C=C(C)CNC(=S)NCc1cccc(C(=O)N2CCCCC2)c1. The molecule has 1 heterocycles. The molecule has 1 aromatic rings. The maximum absolute atomic E-state index is 12.5. The fraction of sp³-hybridized carbons (Fsp3) is 0.444. The maximum atomic E-state index is 12.5. The van der Waals surface area contributed by atoms with Gasteiger partial charge in [0.05, 0.1) is 0 Å². The molecule has 1 aliphatic heterocycles. The van der Waals surface area contributed by atoms with Crippen LogP contribution in [0.25, 0.3) is 0 Å². The molecule has 1 fully saturated rings. The summed E-state index contributed by atoms with van der Waals surface area (Å²) in [6.07, 6.45) is 3.44. The minimum atomic E-state index is 0.134. The van der Waals surface area contributed by atoms with E-state index in [2.05, 4.69) is 17.2 Å². The van der Waals surface area contributed by atoms with Crippen LogP contribution in [0, 0.1) is 0 Å². The molecule has 1 aromatic carbocycles. The monoisotopic (exact) mass is 331 g/mol. The number of hydrogen-bond donors (Lipinski definition) is 2. The van der Waals surface area contributed by atoms with Crippen LogP contribution in [0.3, 0.4) is 0 Å². The molecule has 23 heavy (non-hydrogen) atoms. The van der Waals surface area contributed by atoms with Crippen LogP contribution in [-0.4, -0.2) is 35.6 Å². The third-order valence-corrected chi connectivity index (χ3v) is 4.11. The topological polar surface area (TPSA) is 44.4 Å². The highest BCUT2D eigenvalue weighted by Gasteiger charge is 2.18. The lowest BCUT2D eigenvalue weighted by atomic mass is 10.1. The van der Waals surface area contributed by atoms with E-state index in [1.807, 2.05) is 36.1 Å². The quantitative estimate of drug-likeness (QED) is 0.643. The summed E-state index contributed by atoms with van der Waals surface area (Å²) in [5.74, 6) is 0.134. The molecule has 2 N–H and O–H groups in total. The lowest BCUT2D eigenvalue weighted by Gasteiger charge is -2.26. The predicted molar refractivity (Wildman–Crippen MR) is 98.5 cm³/mol. The van der Waals surface area contributed by atoms with E-state index in [1.54, 1.807) is 0 Å². The lowest BCUT2D eigenvalue weighted by molar-refractivity contribution is 0.0724. The smallest absolute Gasteiger partial charge is 0.253 e. The first-order chi connectivity index (χ1) is 11.1. The van der Waals surface area contributed by atoms with E-state index in [-0.39, 0.29) is 5.91 Å². The number of carbonyl (C=O) groups is 1. The molecule has 0 bridgehead atoms. The van der Waals surface area contributed by atoms with Crippen LogP contribution in [0.4, 0.5) is 0 Å². The second kappa shape index (κ2) is 8.67. The van der Waals surface area contributed by atoms with Crippen molar-refractivity contribution in [3.05, 3.63) is 47.5 Å². The zero-order valence-electron chi connectivity index (χ0n) is 13.7. The van der Waals surface area contributed by atoms with E-state index >= 15 is 0 Å². The average Bonchev–Trinajstić information content (AvgIpc) is 2.58. The summed E-state index contributed by atoms with van der Waals surface area (Å²) in [6.45, 7) is 8.79. The van der Waals surface area contributed by atoms with Crippen LogP contribution in [0.2, 0.25) is 0 Å². The predicted octanol–water partition coefficient (Wildman–Crippen LogP) is 2.85. The number of nitrogens with zero attached hydrogens (tertiary/aromatic N) is 1. The molecule has 0 atom stereocenters. The molecule has 0 radical (unpaired) electrons. The highest BCUT2D eigenvalue weighted by Crippen LogP contribution is 2.14. The largest absolute Gasteiger partial charge is 0.359 e. The van der Waals surface area contributed by atoms with Crippen molar-refractivity contribution in [2.24, 2.45) is 0 Å². The summed E-state index contributed by atoms with van der Waals surface area (Å²) in [4.78, 5) is 14.5. The van der Waals surface area contributed by atoms with E-state index < -0.39 is 0 Å². The van der Waals surface area contributed by atoms with Crippen LogP contribution in [-0.2, 0) is 6.54 Å². The number of thiocarbonyl (C=S) groups is 1. The van der Waals surface area contributed by atoms with Crippen molar-refractivity contribution in [2.75, 3.05) is 19.6 Å². The Labute approximate surface area is 143 Å². The summed E-state index contributed by atoms with van der Waals surface area (Å²) in [7, 11) is 0. The molecule has 1 aliphatic rings. The Bertz CT molecular complexity index is 579.